The molecular formula is C18H14ClFN2O4. The van der Waals surface area contributed by atoms with E-state index in [1.54, 1.807) is 12.1 Å². The summed E-state index contributed by atoms with van der Waals surface area (Å²) >= 11 is 5.65. The van der Waals surface area contributed by atoms with Crippen molar-refractivity contribution < 1.29 is 23.5 Å². The van der Waals surface area contributed by atoms with Crippen LogP contribution in [0.1, 0.15) is 23.2 Å². The Bertz CT molecular complexity index is 901. The minimum absolute atomic E-state index is 0.0195. The van der Waals surface area contributed by atoms with Gasteiger partial charge in [0.1, 0.15) is 11.6 Å². The number of hydrogen-bond donors (Lipinski definition) is 2. The number of halogens is 2. The standard InChI is InChI=1S/C18H14ClFN2O4/c19-12-8-11(2-3-13(12)20)21-17(24)6-4-15(23)10-1-5-16-14(7-10)22-18(25)9-26-16/h1-3,5,7-8H,4,6,9H2,(H,21,24)(H,22,25). The van der Waals surface area contributed by atoms with E-state index in [4.69, 9.17) is 16.3 Å². The maximum Gasteiger partial charge on any atom is 0.262 e. The molecule has 0 fully saturated rings. The van der Waals surface area contributed by atoms with Crippen molar-refractivity contribution >= 4 is 40.6 Å². The molecule has 0 saturated heterocycles. The fourth-order valence-electron chi connectivity index (χ4n) is 2.43. The van der Waals surface area contributed by atoms with E-state index in [1.165, 1.54) is 18.2 Å². The predicted octanol–water partition coefficient (Wildman–Crippen LogP) is 3.41. The van der Waals surface area contributed by atoms with Crippen LogP contribution >= 0.6 is 11.6 Å². The maximum atomic E-state index is 13.1. The highest BCUT2D eigenvalue weighted by molar-refractivity contribution is 6.31. The summed E-state index contributed by atoms with van der Waals surface area (Å²) in [4.78, 5) is 35.5. The highest BCUT2D eigenvalue weighted by atomic mass is 35.5. The van der Waals surface area contributed by atoms with Gasteiger partial charge in [-0.25, -0.2) is 4.39 Å². The number of ketones is 1. The molecule has 2 aromatic carbocycles. The van der Waals surface area contributed by atoms with Gasteiger partial charge in [-0.15, -0.1) is 0 Å². The zero-order valence-corrected chi connectivity index (χ0v) is 14.2. The summed E-state index contributed by atoms with van der Waals surface area (Å²) in [6.45, 7) is -0.0616. The van der Waals surface area contributed by atoms with Crippen molar-refractivity contribution in [1.29, 1.82) is 0 Å². The van der Waals surface area contributed by atoms with Gasteiger partial charge in [-0.05, 0) is 36.4 Å². The number of carbonyl (C=O) groups is 3. The van der Waals surface area contributed by atoms with Gasteiger partial charge in [0.05, 0.1) is 10.7 Å². The van der Waals surface area contributed by atoms with Crippen molar-refractivity contribution in [3.63, 3.8) is 0 Å². The monoisotopic (exact) mass is 376 g/mol. The van der Waals surface area contributed by atoms with Crippen LogP contribution < -0.4 is 15.4 Å². The van der Waals surface area contributed by atoms with Gasteiger partial charge in [-0.3, -0.25) is 14.4 Å². The number of ether oxygens (including phenoxy) is 1. The molecule has 2 N–H and O–H groups in total. The van der Waals surface area contributed by atoms with E-state index in [2.05, 4.69) is 10.6 Å². The Morgan fingerprint density at radius 3 is 2.77 bits per heavy atom. The summed E-state index contributed by atoms with van der Waals surface area (Å²) in [6.07, 6.45) is -0.0673. The molecule has 2 aromatic rings. The normalized spacial score (nSPS) is 12.6. The van der Waals surface area contributed by atoms with Crippen LogP contribution in [0.4, 0.5) is 15.8 Å². The molecule has 0 saturated carbocycles. The van der Waals surface area contributed by atoms with Gasteiger partial charge in [-0.1, -0.05) is 11.6 Å². The molecule has 0 aliphatic carbocycles. The zero-order valence-electron chi connectivity index (χ0n) is 13.5. The van der Waals surface area contributed by atoms with Crippen molar-refractivity contribution in [2.75, 3.05) is 17.2 Å². The third-order valence-electron chi connectivity index (χ3n) is 3.72. The van der Waals surface area contributed by atoms with Gasteiger partial charge < -0.3 is 15.4 Å². The zero-order chi connectivity index (χ0) is 18.7. The lowest BCUT2D eigenvalue weighted by molar-refractivity contribution is -0.118. The van der Waals surface area contributed by atoms with Crippen LogP contribution in [0.2, 0.25) is 5.02 Å². The summed E-state index contributed by atoms with van der Waals surface area (Å²) in [5.41, 5.74) is 1.15. The molecular weight excluding hydrogens is 363 g/mol. The molecule has 0 aromatic heterocycles. The number of fused-ring (bicyclic) bond motifs is 1. The number of carbonyl (C=O) groups excluding carboxylic acids is 3. The molecule has 0 bridgehead atoms. The second kappa shape index (κ2) is 7.53. The molecule has 0 unspecified atom stereocenters. The quantitative estimate of drug-likeness (QED) is 0.783. The Labute approximate surface area is 153 Å². The van der Waals surface area contributed by atoms with E-state index in [9.17, 15) is 18.8 Å². The summed E-state index contributed by atoms with van der Waals surface area (Å²) < 4.78 is 18.3. The van der Waals surface area contributed by atoms with E-state index in [1.807, 2.05) is 0 Å². The highest BCUT2D eigenvalue weighted by Gasteiger charge is 2.18. The largest absolute Gasteiger partial charge is 0.482 e. The first-order valence-electron chi connectivity index (χ1n) is 7.77. The molecule has 0 spiro atoms. The van der Waals surface area contributed by atoms with Crippen molar-refractivity contribution in [3.8, 4) is 5.75 Å². The van der Waals surface area contributed by atoms with E-state index in [-0.39, 0.29) is 36.2 Å². The summed E-state index contributed by atoms with van der Waals surface area (Å²) in [7, 11) is 0. The Balaban J connectivity index is 1.58. The van der Waals surface area contributed by atoms with Crippen LogP contribution in [0.25, 0.3) is 0 Å². The molecule has 8 heteroatoms. The molecule has 6 nitrogen and oxygen atoms in total. The maximum absolute atomic E-state index is 13.1. The molecule has 134 valence electrons. The van der Waals surface area contributed by atoms with Crippen molar-refractivity contribution in [1.82, 2.24) is 0 Å². The van der Waals surface area contributed by atoms with Crippen LogP contribution in [0.5, 0.6) is 5.75 Å². The van der Waals surface area contributed by atoms with E-state index < -0.39 is 11.7 Å². The lowest BCUT2D eigenvalue weighted by Gasteiger charge is -2.18. The van der Waals surface area contributed by atoms with Crippen LogP contribution in [-0.4, -0.2) is 24.2 Å². The first-order valence-corrected chi connectivity index (χ1v) is 8.15. The number of amides is 2. The smallest absolute Gasteiger partial charge is 0.262 e. The molecule has 26 heavy (non-hydrogen) atoms. The van der Waals surface area contributed by atoms with Crippen LogP contribution in [0, 0.1) is 5.82 Å². The lowest BCUT2D eigenvalue weighted by Crippen LogP contribution is -2.25. The van der Waals surface area contributed by atoms with Gasteiger partial charge in [0.2, 0.25) is 5.91 Å². The number of hydrogen-bond acceptors (Lipinski definition) is 4. The third kappa shape index (κ3) is 4.18. The third-order valence-corrected chi connectivity index (χ3v) is 4.01. The first kappa shape index (κ1) is 17.9. The average molecular weight is 377 g/mol. The second-order valence-corrected chi connectivity index (χ2v) is 6.06. The molecule has 3 rings (SSSR count). The first-order chi connectivity index (χ1) is 12.4. The Morgan fingerprint density at radius 2 is 2.00 bits per heavy atom. The predicted molar refractivity (Wildman–Crippen MR) is 94.2 cm³/mol. The number of benzene rings is 2. The topological polar surface area (TPSA) is 84.5 Å². The number of rotatable bonds is 5. The van der Waals surface area contributed by atoms with Crippen molar-refractivity contribution in [3.05, 3.63) is 52.8 Å². The van der Waals surface area contributed by atoms with E-state index >= 15 is 0 Å². The van der Waals surface area contributed by atoms with Gasteiger partial charge >= 0.3 is 0 Å². The number of nitrogens with one attached hydrogen (secondary N) is 2. The summed E-state index contributed by atoms with van der Waals surface area (Å²) in [5, 5.41) is 5.08. The van der Waals surface area contributed by atoms with Crippen LogP contribution in [0.3, 0.4) is 0 Å². The Hall–Kier alpha value is -2.93. The van der Waals surface area contributed by atoms with Crippen molar-refractivity contribution in [2.24, 2.45) is 0 Å². The molecule has 2 amide bonds. The fraction of sp³-hybridized carbons (Fsp3) is 0.167. The highest BCUT2D eigenvalue weighted by Crippen LogP contribution is 2.29. The molecule has 1 aliphatic rings. The number of Topliss-reactive ketones (excluding diaryl/α,β-unsaturated/α-hetero) is 1. The second-order valence-electron chi connectivity index (χ2n) is 5.65. The average Bonchev–Trinajstić information content (AvgIpc) is 2.62. The Kier molecular flexibility index (Phi) is 5.18. The van der Waals surface area contributed by atoms with Crippen LogP contribution in [-0.2, 0) is 9.59 Å². The van der Waals surface area contributed by atoms with Crippen LogP contribution in [0.15, 0.2) is 36.4 Å². The number of anilines is 2. The minimum Gasteiger partial charge on any atom is -0.482 e. The fourth-order valence-corrected chi connectivity index (χ4v) is 2.61. The lowest BCUT2D eigenvalue weighted by atomic mass is 10.0. The summed E-state index contributed by atoms with van der Waals surface area (Å²) in [6, 6.07) is 8.52. The Morgan fingerprint density at radius 1 is 1.19 bits per heavy atom. The van der Waals surface area contributed by atoms with Gasteiger partial charge in [0.15, 0.2) is 12.4 Å². The molecule has 0 atom stereocenters. The van der Waals surface area contributed by atoms with Gasteiger partial charge in [-0.2, -0.15) is 0 Å². The minimum atomic E-state index is -0.580. The van der Waals surface area contributed by atoms with Crippen molar-refractivity contribution in [2.45, 2.75) is 12.8 Å². The van der Waals surface area contributed by atoms with E-state index in [0.717, 1.165) is 6.07 Å². The SMILES string of the molecule is O=C(CCC(=O)c1ccc2c(c1)NC(=O)CO2)Nc1ccc(F)c(Cl)c1. The molecule has 0 radical (unpaired) electrons. The summed E-state index contributed by atoms with van der Waals surface area (Å²) in [5.74, 6) is -1.02. The molecule has 1 aliphatic heterocycles. The van der Waals surface area contributed by atoms with Gasteiger partial charge in [0.25, 0.3) is 5.91 Å². The molecule has 1 heterocycles. The van der Waals surface area contributed by atoms with Gasteiger partial charge in [0, 0.05) is 24.1 Å². The van der Waals surface area contributed by atoms with E-state index in [0.29, 0.717) is 22.7 Å².